The molecule has 3 aromatic rings. The zero-order valence-corrected chi connectivity index (χ0v) is 15.3. The fourth-order valence-electron chi connectivity index (χ4n) is 2.44. The molecule has 0 aliphatic heterocycles. The molecule has 1 amide bonds. The summed E-state index contributed by atoms with van der Waals surface area (Å²) in [6.45, 7) is 4.48. The summed E-state index contributed by atoms with van der Waals surface area (Å²) < 4.78 is 5.60. The summed E-state index contributed by atoms with van der Waals surface area (Å²) in [5, 5.41) is 6.05. The third-order valence-electron chi connectivity index (χ3n) is 3.68. The van der Waals surface area contributed by atoms with Gasteiger partial charge in [0.15, 0.2) is 0 Å². The normalized spacial score (nSPS) is 10.5. The van der Waals surface area contributed by atoms with Crippen LogP contribution in [0.15, 0.2) is 67.0 Å². The molecule has 27 heavy (non-hydrogen) atoms. The molecule has 0 fully saturated rings. The number of hydrogen-bond acceptors (Lipinski definition) is 5. The first-order valence-electron chi connectivity index (χ1n) is 8.78. The Morgan fingerprint density at radius 1 is 1.04 bits per heavy atom. The van der Waals surface area contributed by atoms with Crippen molar-refractivity contribution < 1.29 is 9.53 Å². The van der Waals surface area contributed by atoms with E-state index in [-0.39, 0.29) is 12.0 Å². The van der Waals surface area contributed by atoms with Gasteiger partial charge in [0.25, 0.3) is 5.91 Å². The molecule has 0 spiro atoms. The number of amides is 1. The standard InChI is InChI=1S/C21H22N4O2/c1-15(2)27-19-8-6-17(7-9-19)25-21(26)16-10-12-23-20(13-16)24-14-18-5-3-4-11-22-18/h3-13,15H,14H2,1-2H3,(H,23,24)(H,25,26). The number of hydrogen-bond donors (Lipinski definition) is 2. The highest BCUT2D eigenvalue weighted by Gasteiger charge is 2.08. The molecular weight excluding hydrogens is 340 g/mol. The first-order valence-corrected chi connectivity index (χ1v) is 8.78. The number of aromatic nitrogens is 2. The van der Waals surface area contributed by atoms with Gasteiger partial charge in [0.2, 0.25) is 0 Å². The van der Waals surface area contributed by atoms with Crippen molar-refractivity contribution in [3.05, 3.63) is 78.2 Å². The van der Waals surface area contributed by atoms with Crippen molar-refractivity contribution in [2.75, 3.05) is 10.6 Å². The Hall–Kier alpha value is -3.41. The Balaban J connectivity index is 1.61. The van der Waals surface area contributed by atoms with Gasteiger partial charge in [-0.15, -0.1) is 0 Å². The van der Waals surface area contributed by atoms with Crippen LogP contribution < -0.4 is 15.4 Å². The van der Waals surface area contributed by atoms with Gasteiger partial charge in [-0.1, -0.05) is 6.07 Å². The zero-order chi connectivity index (χ0) is 19.1. The lowest BCUT2D eigenvalue weighted by Crippen LogP contribution is -2.13. The maximum Gasteiger partial charge on any atom is 0.255 e. The minimum Gasteiger partial charge on any atom is -0.491 e. The van der Waals surface area contributed by atoms with Gasteiger partial charge in [-0.3, -0.25) is 9.78 Å². The van der Waals surface area contributed by atoms with Gasteiger partial charge in [-0.25, -0.2) is 4.98 Å². The lowest BCUT2D eigenvalue weighted by Gasteiger charge is -2.11. The van der Waals surface area contributed by atoms with Crippen LogP contribution in [-0.2, 0) is 6.54 Å². The Labute approximate surface area is 158 Å². The Morgan fingerprint density at radius 2 is 1.85 bits per heavy atom. The second kappa shape index (κ2) is 8.80. The van der Waals surface area contributed by atoms with Crippen LogP contribution in [0.1, 0.15) is 29.9 Å². The Kier molecular flexibility index (Phi) is 5.99. The molecule has 0 unspecified atom stereocenters. The van der Waals surface area contributed by atoms with Crippen LogP contribution in [0.2, 0.25) is 0 Å². The second-order valence-corrected chi connectivity index (χ2v) is 6.25. The largest absolute Gasteiger partial charge is 0.491 e. The first kappa shape index (κ1) is 18.4. The lowest BCUT2D eigenvalue weighted by molar-refractivity contribution is 0.102. The van der Waals surface area contributed by atoms with E-state index in [1.165, 1.54) is 0 Å². The van der Waals surface area contributed by atoms with E-state index in [1.54, 1.807) is 24.5 Å². The number of carbonyl (C=O) groups excluding carboxylic acids is 1. The monoisotopic (exact) mass is 362 g/mol. The summed E-state index contributed by atoms with van der Waals surface area (Å²) >= 11 is 0. The number of ether oxygens (including phenoxy) is 1. The van der Waals surface area contributed by atoms with Gasteiger partial charge in [0, 0.05) is 23.6 Å². The summed E-state index contributed by atoms with van der Waals surface area (Å²) in [6, 6.07) is 16.4. The van der Waals surface area contributed by atoms with Gasteiger partial charge >= 0.3 is 0 Å². The Bertz CT molecular complexity index is 880. The molecule has 0 aliphatic carbocycles. The number of benzene rings is 1. The average Bonchev–Trinajstić information content (AvgIpc) is 2.68. The molecule has 0 saturated heterocycles. The van der Waals surface area contributed by atoms with Crippen molar-refractivity contribution in [1.29, 1.82) is 0 Å². The van der Waals surface area contributed by atoms with Crippen molar-refractivity contribution in [3.63, 3.8) is 0 Å². The second-order valence-electron chi connectivity index (χ2n) is 6.25. The molecule has 3 rings (SSSR count). The number of pyridine rings is 2. The summed E-state index contributed by atoms with van der Waals surface area (Å²) in [5.74, 6) is 1.19. The van der Waals surface area contributed by atoms with E-state index in [1.807, 2.05) is 56.3 Å². The van der Waals surface area contributed by atoms with Crippen molar-refractivity contribution >= 4 is 17.4 Å². The molecule has 2 N–H and O–H groups in total. The van der Waals surface area contributed by atoms with E-state index in [4.69, 9.17) is 4.74 Å². The maximum atomic E-state index is 12.5. The van der Waals surface area contributed by atoms with E-state index in [0.717, 1.165) is 11.4 Å². The predicted molar refractivity (Wildman–Crippen MR) is 106 cm³/mol. The molecule has 0 atom stereocenters. The SMILES string of the molecule is CC(C)Oc1ccc(NC(=O)c2ccnc(NCc3ccccn3)c2)cc1. The van der Waals surface area contributed by atoms with Crippen LogP contribution >= 0.6 is 0 Å². The zero-order valence-electron chi connectivity index (χ0n) is 15.3. The Morgan fingerprint density at radius 3 is 2.56 bits per heavy atom. The molecule has 1 aromatic carbocycles. The minimum atomic E-state index is -0.198. The van der Waals surface area contributed by atoms with Crippen LogP contribution in [0, 0.1) is 0 Å². The summed E-state index contributed by atoms with van der Waals surface area (Å²) in [4.78, 5) is 21.0. The highest BCUT2D eigenvalue weighted by Crippen LogP contribution is 2.18. The topological polar surface area (TPSA) is 76.1 Å². The van der Waals surface area contributed by atoms with Gasteiger partial charge < -0.3 is 15.4 Å². The van der Waals surface area contributed by atoms with Gasteiger partial charge in [0.05, 0.1) is 18.3 Å². The number of nitrogens with one attached hydrogen (secondary N) is 2. The average molecular weight is 362 g/mol. The molecule has 2 heterocycles. The van der Waals surface area contributed by atoms with E-state index in [0.29, 0.717) is 23.6 Å². The maximum absolute atomic E-state index is 12.5. The number of nitrogens with zero attached hydrogens (tertiary/aromatic N) is 2. The number of anilines is 2. The van der Waals surface area contributed by atoms with E-state index >= 15 is 0 Å². The molecule has 138 valence electrons. The number of rotatable bonds is 7. The minimum absolute atomic E-state index is 0.110. The number of carbonyl (C=O) groups is 1. The van der Waals surface area contributed by atoms with Crippen LogP contribution in [0.5, 0.6) is 5.75 Å². The molecule has 6 heteroatoms. The molecule has 6 nitrogen and oxygen atoms in total. The van der Waals surface area contributed by atoms with E-state index < -0.39 is 0 Å². The van der Waals surface area contributed by atoms with Crippen LogP contribution in [-0.4, -0.2) is 22.0 Å². The molecule has 0 bridgehead atoms. The van der Waals surface area contributed by atoms with Crippen molar-refractivity contribution in [2.45, 2.75) is 26.5 Å². The van der Waals surface area contributed by atoms with Crippen LogP contribution in [0.4, 0.5) is 11.5 Å². The molecule has 2 aromatic heterocycles. The highest BCUT2D eigenvalue weighted by atomic mass is 16.5. The van der Waals surface area contributed by atoms with Gasteiger partial charge in [0.1, 0.15) is 11.6 Å². The van der Waals surface area contributed by atoms with Crippen LogP contribution in [0.3, 0.4) is 0 Å². The lowest BCUT2D eigenvalue weighted by atomic mass is 10.2. The van der Waals surface area contributed by atoms with Crippen molar-refractivity contribution in [2.24, 2.45) is 0 Å². The summed E-state index contributed by atoms with van der Waals surface area (Å²) in [6.07, 6.45) is 3.46. The quantitative estimate of drug-likeness (QED) is 0.661. The molecule has 0 saturated carbocycles. The molecule has 0 radical (unpaired) electrons. The van der Waals surface area contributed by atoms with Crippen molar-refractivity contribution in [3.8, 4) is 5.75 Å². The third kappa shape index (κ3) is 5.54. The van der Waals surface area contributed by atoms with Crippen LogP contribution in [0.25, 0.3) is 0 Å². The smallest absolute Gasteiger partial charge is 0.255 e. The van der Waals surface area contributed by atoms with Gasteiger partial charge in [-0.2, -0.15) is 0 Å². The molecule has 0 aliphatic rings. The predicted octanol–water partition coefficient (Wildman–Crippen LogP) is 4.13. The highest BCUT2D eigenvalue weighted by molar-refractivity contribution is 6.04. The first-order chi connectivity index (χ1) is 13.1. The molecular formula is C21H22N4O2. The van der Waals surface area contributed by atoms with E-state index in [9.17, 15) is 4.79 Å². The fourth-order valence-corrected chi connectivity index (χ4v) is 2.44. The fraction of sp³-hybridized carbons (Fsp3) is 0.190. The third-order valence-corrected chi connectivity index (χ3v) is 3.68. The summed E-state index contributed by atoms with van der Waals surface area (Å²) in [5.41, 5.74) is 2.13. The van der Waals surface area contributed by atoms with Crippen molar-refractivity contribution in [1.82, 2.24) is 9.97 Å². The summed E-state index contributed by atoms with van der Waals surface area (Å²) in [7, 11) is 0. The van der Waals surface area contributed by atoms with Gasteiger partial charge in [-0.05, 0) is 62.4 Å². The van der Waals surface area contributed by atoms with E-state index in [2.05, 4.69) is 20.6 Å².